The highest BCUT2D eigenvalue weighted by Crippen LogP contribution is 2.31. The molecule has 2 aromatic rings. The Morgan fingerprint density at radius 3 is 2.61 bits per heavy atom. The van der Waals surface area contributed by atoms with Crippen LogP contribution in [0.5, 0.6) is 5.75 Å². The van der Waals surface area contributed by atoms with Gasteiger partial charge in [-0.1, -0.05) is 11.6 Å². The first-order chi connectivity index (χ1) is 15.9. The highest BCUT2D eigenvalue weighted by molar-refractivity contribution is 6.32. The number of nitrogens with zero attached hydrogens (tertiary/aromatic N) is 4. The molecule has 4 rings (SSSR count). The summed E-state index contributed by atoms with van der Waals surface area (Å²) in [6.07, 6.45) is 6.06. The predicted molar refractivity (Wildman–Crippen MR) is 128 cm³/mol. The van der Waals surface area contributed by atoms with Crippen molar-refractivity contribution >= 4 is 35.1 Å². The lowest BCUT2D eigenvalue weighted by molar-refractivity contribution is -0.138. The second-order valence-electron chi connectivity index (χ2n) is 8.66. The fourth-order valence-electron chi connectivity index (χ4n) is 4.42. The summed E-state index contributed by atoms with van der Waals surface area (Å²) in [4.78, 5) is 37.3. The Labute approximate surface area is 199 Å². The van der Waals surface area contributed by atoms with Gasteiger partial charge in [0.05, 0.1) is 5.02 Å². The predicted octanol–water partition coefficient (Wildman–Crippen LogP) is 3.83. The molecule has 33 heavy (non-hydrogen) atoms. The van der Waals surface area contributed by atoms with Crippen molar-refractivity contribution in [3.63, 3.8) is 0 Å². The molecule has 1 aromatic heterocycles. The number of hydrogen-bond donors (Lipinski definition) is 1. The summed E-state index contributed by atoms with van der Waals surface area (Å²) in [6, 6.07) is 6.73. The molecule has 2 aliphatic heterocycles. The van der Waals surface area contributed by atoms with Gasteiger partial charge in [-0.3, -0.25) is 9.59 Å². The van der Waals surface area contributed by atoms with Gasteiger partial charge in [-0.2, -0.15) is 0 Å². The Hall–Kier alpha value is -2.87. The largest absolute Gasteiger partial charge is 0.489 e. The smallest absolute Gasteiger partial charge is 0.247 e. The molecule has 2 amide bonds. The highest BCUT2D eigenvalue weighted by atomic mass is 35.5. The van der Waals surface area contributed by atoms with Gasteiger partial charge >= 0.3 is 0 Å². The quantitative estimate of drug-likeness (QED) is 0.713. The summed E-state index contributed by atoms with van der Waals surface area (Å²) in [6.45, 7) is 5.72. The summed E-state index contributed by atoms with van der Waals surface area (Å²) in [5.41, 5.74) is 1.55. The fraction of sp³-hybridized carbons (Fsp3) is 0.500. The SMILES string of the molecule is CC(=O)N1CCCCC1C(=O)Nc1ccc(OC2CCN(c3nccc(C)n3)CC2)c(Cl)c1. The van der Waals surface area contributed by atoms with Gasteiger partial charge in [-0.25, -0.2) is 9.97 Å². The molecule has 8 nitrogen and oxygen atoms in total. The van der Waals surface area contributed by atoms with E-state index in [-0.39, 0.29) is 17.9 Å². The third-order valence-corrected chi connectivity index (χ3v) is 6.51. The summed E-state index contributed by atoms with van der Waals surface area (Å²) in [5, 5.41) is 3.35. The van der Waals surface area contributed by atoms with Crippen LogP contribution in [0.4, 0.5) is 11.6 Å². The lowest BCUT2D eigenvalue weighted by atomic mass is 10.0. The Balaban J connectivity index is 1.32. The number of likely N-dealkylation sites (tertiary alicyclic amines) is 1. The molecular weight excluding hydrogens is 442 g/mol. The van der Waals surface area contributed by atoms with E-state index in [4.69, 9.17) is 16.3 Å². The van der Waals surface area contributed by atoms with Crippen LogP contribution in [-0.2, 0) is 9.59 Å². The van der Waals surface area contributed by atoms with Crippen LogP contribution in [0.1, 0.15) is 44.7 Å². The first-order valence-electron chi connectivity index (χ1n) is 11.5. The first kappa shape index (κ1) is 23.3. The van der Waals surface area contributed by atoms with Crippen molar-refractivity contribution in [2.24, 2.45) is 0 Å². The van der Waals surface area contributed by atoms with Crippen molar-refractivity contribution in [2.75, 3.05) is 29.9 Å². The molecule has 1 unspecified atom stereocenters. The number of rotatable bonds is 5. The number of carbonyl (C=O) groups excluding carboxylic acids is 2. The van der Waals surface area contributed by atoms with Gasteiger partial charge in [0.1, 0.15) is 17.9 Å². The fourth-order valence-corrected chi connectivity index (χ4v) is 4.65. The normalized spacial score (nSPS) is 19.3. The molecule has 0 radical (unpaired) electrons. The molecule has 2 fully saturated rings. The van der Waals surface area contributed by atoms with E-state index in [1.807, 2.05) is 13.0 Å². The Bertz CT molecular complexity index is 1010. The number of ether oxygens (including phenoxy) is 1. The molecule has 1 aromatic carbocycles. The standard InChI is InChI=1S/C24H30ClN5O3/c1-16-8-11-26-24(27-16)29-13-9-19(10-14-29)33-22-7-6-18(15-20(22)25)28-23(32)21-5-3-4-12-30(21)17(2)31/h6-8,11,15,19,21H,3-5,9-10,12-14H2,1-2H3,(H,28,32). The molecule has 1 N–H and O–H groups in total. The van der Waals surface area contributed by atoms with E-state index in [0.717, 1.165) is 50.4 Å². The number of benzene rings is 1. The molecule has 0 saturated carbocycles. The monoisotopic (exact) mass is 471 g/mol. The van der Waals surface area contributed by atoms with Crippen molar-refractivity contribution in [1.82, 2.24) is 14.9 Å². The molecule has 0 spiro atoms. The second-order valence-corrected chi connectivity index (χ2v) is 9.07. The van der Waals surface area contributed by atoms with E-state index in [1.54, 1.807) is 29.3 Å². The van der Waals surface area contributed by atoms with E-state index in [0.29, 0.717) is 29.4 Å². The first-order valence-corrected chi connectivity index (χ1v) is 11.9. The molecule has 9 heteroatoms. The van der Waals surface area contributed by atoms with Crippen LogP contribution in [0, 0.1) is 6.92 Å². The molecule has 0 bridgehead atoms. The number of aromatic nitrogens is 2. The van der Waals surface area contributed by atoms with Crippen molar-refractivity contribution in [1.29, 1.82) is 0 Å². The highest BCUT2D eigenvalue weighted by Gasteiger charge is 2.30. The van der Waals surface area contributed by atoms with E-state index in [2.05, 4.69) is 20.2 Å². The molecule has 2 aliphatic rings. The summed E-state index contributed by atoms with van der Waals surface area (Å²) in [5.74, 6) is 1.10. The van der Waals surface area contributed by atoms with Crippen molar-refractivity contribution in [3.05, 3.63) is 41.2 Å². The van der Waals surface area contributed by atoms with E-state index in [9.17, 15) is 9.59 Å². The van der Waals surface area contributed by atoms with E-state index in [1.165, 1.54) is 6.92 Å². The van der Waals surface area contributed by atoms with Gasteiger partial charge in [0.2, 0.25) is 17.8 Å². The third kappa shape index (κ3) is 5.74. The van der Waals surface area contributed by atoms with Crippen LogP contribution < -0.4 is 15.0 Å². The number of carbonyl (C=O) groups is 2. The average molecular weight is 472 g/mol. The summed E-state index contributed by atoms with van der Waals surface area (Å²) < 4.78 is 6.15. The maximum atomic E-state index is 12.8. The Kier molecular flexibility index (Phi) is 7.33. The van der Waals surface area contributed by atoms with Crippen LogP contribution >= 0.6 is 11.6 Å². The minimum absolute atomic E-state index is 0.0513. The molecule has 1 atom stereocenters. The zero-order chi connectivity index (χ0) is 23.4. The lowest BCUT2D eigenvalue weighted by Crippen LogP contribution is -2.49. The number of nitrogens with one attached hydrogen (secondary N) is 1. The zero-order valence-electron chi connectivity index (χ0n) is 19.1. The third-order valence-electron chi connectivity index (χ3n) is 6.21. The van der Waals surface area contributed by atoms with Crippen LogP contribution in [0.3, 0.4) is 0 Å². The minimum atomic E-state index is -0.437. The number of halogens is 1. The van der Waals surface area contributed by atoms with E-state index >= 15 is 0 Å². The van der Waals surface area contributed by atoms with Gasteiger partial charge in [0.25, 0.3) is 0 Å². The Morgan fingerprint density at radius 1 is 1.12 bits per heavy atom. The van der Waals surface area contributed by atoms with Gasteiger partial charge in [-0.05, 0) is 50.5 Å². The number of anilines is 2. The minimum Gasteiger partial charge on any atom is -0.489 e. The molecule has 176 valence electrons. The second kappa shape index (κ2) is 10.4. The molecule has 0 aliphatic carbocycles. The van der Waals surface area contributed by atoms with E-state index < -0.39 is 6.04 Å². The number of piperidine rings is 2. The van der Waals surface area contributed by atoms with Crippen molar-refractivity contribution in [2.45, 2.75) is 58.1 Å². The van der Waals surface area contributed by atoms with Gasteiger partial charge < -0.3 is 19.9 Å². The van der Waals surface area contributed by atoms with Crippen LogP contribution in [0.25, 0.3) is 0 Å². The molecule has 3 heterocycles. The lowest BCUT2D eigenvalue weighted by Gasteiger charge is -2.34. The zero-order valence-corrected chi connectivity index (χ0v) is 19.8. The average Bonchev–Trinajstić information content (AvgIpc) is 2.81. The van der Waals surface area contributed by atoms with Crippen molar-refractivity contribution in [3.8, 4) is 5.75 Å². The number of aryl methyl sites for hydroxylation is 1. The Morgan fingerprint density at radius 2 is 1.91 bits per heavy atom. The maximum absolute atomic E-state index is 12.8. The summed E-state index contributed by atoms with van der Waals surface area (Å²) in [7, 11) is 0. The topological polar surface area (TPSA) is 87.7 Å². The summed E-state index contributed by atoms with van der Waals surface area (Å²) >= 11 is 6.47. The maximum Gasteiger partial charge on any atom is 0.247 e. The molecular formula is C24H30ClN5O3. The van der Waals surface area contributed by atoms with Gasteiger partial charge in [0, 0.05) is 57.0 Å². The van der Waals surface area contributed by atoms with Crippen molar-refractivity contribution < 1.29 is 14.3 Å². The van der Waals surface area contributed by atoms with Crippen LogP contribution in [0.2, 0.25) is 5.02 Å². The van der Waals surface area contributed by atoms with Crippen LogP contribution in [-0.4, -0.2) is 58.5 Å². The number of amides is 2. The van der Waals surface area contributed by atoms with Gasteiger partial charge in [-0.15, -0.1) is 0 Å². The molecule has 2 saturated heterocycles. The van der Waals surface area contributed by atoms with Gasteiger partial charge in [0.15, 0.2) is 0 Å². The number of hydrogen-bond acceptors (Lipinski definition) is 6. The van der Waals surface area contributed by atoms with Crippen LogP contribution in [0.15, 0.2) is 30.5 Å².